The summed E-state index contributed by atoms with van der Waals surface area (Å²) in [6.07, 6.45) is -2.80. The van der Waals surface area contributed by atoms with Crippen molar-refractivity contribution in [3.05, 3.63) is 34.1 Å². The molecule has 106 valence electrons. The number of hydrogen-bond acceptors (Lipinski definition) is 2. The van der Waals surface area contributed by atoms with Gasteiger partial charge in [0.05, 0.1) is 0 Å². The Morgan fingerprint density at radius 3 is 2.53 bits per heavy atom. The second-order valence-corrected chi connectivity index (χ2v) is 5.42. The predicted molar refractivity (Wildman–Crippen MR) is 71.9 cm³/mol. The van der Waals surface area contributed by atoms with E-state index in [1.165, 1.54) is 6.07 Å². The number of hydrogen-bond donors (Lipinski definition) is 1. The molecule has 0 aliphatic carbocycles. The number of halogens is 4. The van der Waals surface area contributed by atoms with Gasteiger partial charge in [0.25, 0.3) is 0 Å². The van der Waals surface area contributed by atoms with Crippen LogP contribution in [0.1, 0.15) is 18.0 Å². The summed E-state index contributed by atoms with van der Waals surface area (Å²) < 4.78 is 40.2. The lowest BCUT2D eigenvalue weighted by molar-refractivity contribution is 0.0722. The van der Waals surface area contributed by atoms with Gasteiger partial charge in [-0.25, -0.2) is 13.2 Å². The van der Waals surface area contributed by atoms with Gasteiger partial charge in [-0.2, -0.15) is 0 Å². The van der Waals surface area contributed by atoms with E-state index in [1.807, 2.05) is 4.90 Å². The largest absolute Gasteiger partial charge is 0.314 e. The summed E-state index contributed by atoms with van der Waals surface area (Å²) in [6, 6.07) is 4.00. The molecule has 0 spiro atoms. The van der Waals surface area contributed by atoms with E-state index in [9.17, 15) is 13.2 Å². The van der Waals surface area contributed by atoms with E-state index in [-0.39, 0.29) is 6.42 Å². The molecule has 1 fully saturated rings. The van der Waals surface area contributed by atoms with Crippen molar-refractivity contribution < 1.29 is 13.2 Å². The van der Waals surface area contributed by atoms with E-state index < -0.39 is 18.3 Å². The van der Waals surface area contributed by atoms with Gasteiger partial charge in [-0.1, -0.05) is 22.0 Å². The second kappa shape index (κ2) is 6.72. The second-order valence-electron chi connectivity index (χ2n) is 4.56. The van der Waals surface area contributed by atoms with Gasteiger partial charge in [0, 0.05) is 48.7 Å². The molecule has 1 N–H and O–H groups in total. The molecule has 0 bridgehead atoms. The molecule has 1 aliphatic heterocycles. The predicted octanol–water partition coefficient (Wildman–Crippen LogP) is 3.19. The summed E-state index contributed by atoms with van der Waals surface area (Å²) in [6.45, 7) is 2.79. The highest BCUT2D eigenvalue weighted by Crippen LogP contribution is 2.34. The number of benzene rings is 1. The monoisotopic (exact) mass is 336 g/mol. The van der Waals surface area contributed by atoms with Gasteiger partial charge in [0.1, 0.15) is 5.82 Å². The number of piperazine rings is 1. The number of rotatable bonds is 4. The minimum absolute atomic E-state index is 0.338. The number of nitrogens with one attached hydrogen (secondary N) is 1. The zero-order chi connectivity index (χ0) is 13.8. The summed E-state index contributed by atoms with van der Waals surface area (Å²) in [4.78, 5) is 1.92. The van der Waals surface area contributed by atoms with Gasteiger partial charge in [-0.15, -0.1) is 0 Å². The first-order chi connectivity index (χ1) is 9.09. The third-order valence-corrected chi connectivity index (χ3v) is 4.02. The van der Waals surface area contributed by atoms with Crippen molar-refractivity contribution in [2.75, 3.05) is 26.2 Å². The summed E-state index contributed by atoms with van der Waals surface area (Å²) in [5, 5.41) is 3.17. The quantitative estimate of drug-likeness (QED) is 0.908. The topological polar surface area (TPSA) is 15.3 Å². The summed E-state index contributed by atoms with van der Waals surface area (Å²) in [5.74, 6) is -0.432. The molecular weight excluding hydrogens is 321 g/mol. The van der Waals surface area contributed by atoms with Crippen LogP contribution >= 0.6 is 15.9 Å². The highest BCUT2D eigenvalue weighted by atomic mass is 79.9. The Morgan fingerprint density at radius 1 is 1.26 bits per heavy atom. The van der Waals surface area contributed by atoms with Crippen molar-refractivity contribution >= 4 is 15.9 Å². The fourth-order valence-electron chi connectivity index (χ4n) is 2.44. The molecular formula is C13H16BrF3N2. The van der Waals surface area contributed by atoms with Crippen LogP contribution in [-0.4, -0.2) is 37.5 Å². The molecule has 1 atom stereocenters. The molecule has 1 heterocycles. The van der Waals surface area contributed by atoms with Crippen LogP contribution in [0, 0.1) is 5.82 Å². The molecule has 19 heavy (non-hydrogen) atoms. The van der Waals surface area contributed by atoms with Crippen molar-refractivity contribution in [3.63, 3.8) is 0 Å². The standard InChI is InChI=1S/C13H16BrF3N2/c14-9-2-1-3-10(15)13(9)11(8-12(16)17)19-6-4-18-5-7-19/h1-3,11-12,18H,4-8H2/t11-/m1/s1. The van der Waals surface area contributed by atoms with E-state index in [4.69, 9.17) is 0 Å². The van der Waals surface area contributed by atoms with Crippen molar-refractivity contribution in [2.45, 2.75) is 18.9 Å². The van der Waals surface area contributed by atoms with Crippen molar-refractivity contribution in [1.29, 1.82) is 0 Å². The maximum Gasteiger partial charge on any atom is 0.240 e. The van der Waals surface area contributed by atoms with E-state index in [0.717, 1.165) is 13.1 Å². The van der Waals surface area contributed by atoms with Crippen LogP contribution in [0.25, 0.3) is 0 Å². The van der Waals surface area contributed by atoms with Crippen molar-refractivity contribution in [3.8, 4) is 0 Å². The van der Waals surface area contributed by atoms with Crippen LogP contribution in [0.3, 0.4) is 0 Å². The average Bonchev–Trinajstić information content (AvgIpc) is 2.38. The molecule has 0 amide bonds. The van der Waals surface area contributed by atoms with Crippen LogP contribution in [0.5, 0.6) is 0 Å². The van der Waals surface area contributed by atoms with Gasteiger partial charge in [0.15, 0.2) is 0 Å². The SMILES string of the molecule is Fc1cccc(Br)c1[C@@H](CC(F)F)N1CCNCC1. The van der Waals surface area contributed by atoms with Crippen LogP contribution in [-0.2, 0) is 0 Å². The van der Waals surface area contributed by atoms with Crippen LogP contribution in [0.15, 0.2) is 22.7 Å². The average molecular weight is 337 g/mol. The first-order valence-electron chi connectivity index (χ1n) is 6.26. The van der Waals surface area contributed by atoms with Crippen LogP contribution in [0.4, 0.5) is 13.2 Å². The Bertz CT molecular complexity index is 402. The Hall–Kier alpha value is -0.590. The molecule has 1 aromatic carbocycles. The van der Waals surface area contributed by atoms with Crippen LogP contribution in [0.2, 0.25) is 0 Å². The third-order valence-electron chi connectivity index (χ3n) is 3.33. The Kier molecular flexibility index (Phi) is 5.24. The van der Waals surface area contributed by atoms with E-state index in [2.05, 4.69) is 21.2 Å². The van der Waals surface area contributed by atoms with Crippen LogP contribution < -0.4 is 5.32 Å². The van der Waals surface area contributed by atoms with Gasteiger partial charge in [-0.05, 0) is 12.1 Å². The third kappa shape index (κ3) is 3.70. The lowest BCUT2D eigenvalue weighted by Crippen LogP contribution is -2.45. The lowest BCUT2D eigenvalue weighted by Gasteiger charge is -2.35. The minimum atomic E-state index is -2.45. The summed E-state index contributed by atoms with van der Waals surface area (Å²) in [5.41, 5.74) is 0.338. The molecule has 0 saturated carbocycles. The molecule has 0 radical (unpaired) electrons. The molecule has 2 rings (SSSR count). The highest BCUT2D eigenvalue weighted by Gasteiger charge is 2.29. The van der Waals surface area contributed by atoms with E-state index in [0.29, 0.717) is 23.1 Å². The van der Waals surface area contributed by atoms with Gasteiger partial charge < -0.3 is 5.32 Å². The molecule has 2 nitrogen and oxygen atoms in total. The Labute approximate surface area is 119 Å². The fourth-order valence-corrected chi connectivity index (χ4v) is 3.05. The Balaban J connectivity index is 2.30. The smallest absolute Gasteiger partial charge is 0.240 e. The zero-order valence-electron chi connectivity index (χ0n) is 10.4. The maximum atomic E-state index is 14.0. The maximum absolute atomic E-state index is 14.0. The Morgan fingerprint density at radius 2 is 1.95 bits per heavy atom. The molecule has 1 saturated heterocycles. The number of nitrogens with zero attached hydrogens (tertiary/aromatic N) is 1. The molecule has 0 aromatic heterocycles. The van der Waals surface area contributed by atoms with Crippen molar-refractivity contribution in [1.82, 2.24) is 10.2 Å². The zero-order valence-corrected chi connectivity index (χ0v) is 12.0. The highest BCUT2D eigenvalue weighted by molar-refractivity contribution is 9.10. The minimum Gasteiger partial charge on any atom is -0.314 e. The van der Waals surface area contributed by atoms with Gasteiger partial charge >= 0.3 is 0 Å². The lowest BCUT2D eigenvalue weighted by atomic mass is 10.0. The fraction of sp³-hybridized carbons (Fsp3) is 0.538. The van der Waals surface area contributed by atoms with E-state index in [1.54, 1.807) is 12.1 Å². The first kappa shape index (κ1) is 14.8. The van der Waals surface area contributed by atoms with E-state index >= 15 is 0 Å². The molecule has 6 heteroatoms. The van der Waals surface area contributed by atoms with Gasteiger partial charge in [0.2, 0.25) is 6.43 Å². The molecule has 1 aliphatic rings. The van der Waals surface area contributed by atoms with Crippen molar-refractivity contribution in [2.24, 2.45) is 0 Å². The number of alkyl halides is 2. The molecule has 1 aromatic rings. The van der Waals surface area contributed by atoms with Gasteiger partial charge in [-0.3, -0.25) is 4.90 Å². The summed E-state index contributed by atoms with van der Waals surface area (Å²) in [7, 11) is 0. The summed E-state index contributed by atoms with van der Waals surface area (Å²) >= 11 is 3.28. The normalized spacial score (nSPS) is 18.8. The molecule has 0 unspecified atom stereocenters. The first-order valence-corrected chi connectivity index (χ1v) is 7.05.